The molecule has 1 aromatic heterocycles. The van der Waals surface area contributed by atoms with Crippen LogP contribution in [0.25, 0.3) is 0 Å². The number of hydrogen-bond donors (Lipinski definition) is 1. The molecule has 1 N–H and O–H groups in total. The first-order valence-corrected chi connectivity index (χ1v) is 5.73. The Hall–Kier alpha value is -1.82. The molecule has 7 heteroatoms. The van der Waals surface area contributed by atoms with Crippen molar-refractivity contribution >= 4 is 11.6 Å². The van der Waals surface area contributed by atoms with Crippen molar-refractivity contribution in [1.29, 1.82) is 0 Å². The fourth-order valence-corrected chi connectivity index (χ4v) is 1.59. The Morgan fingerprint density at radius 1 is 1.67 bits per heavy atom. The molecular weight excluding hydrogens is 256 g/mol. The molecule has 0 unspecified atom stereocenters. The van der Waals surface area contributed by atoms with Crippen LogP contribution in [0.3, 0.4) is 0 Å². The topological polar surface area (TPSA) is 71.3 Å². The van der Waals surface area contributed by atoms with Crippen molar-refractivity contribution in [3.8, 4) is 0 Å². The molecule has 0 bridgehead atoms. The Balaban J connectivity index is 0.000000357. The van der Waals surface area contributed by atoms with Gasteiger partial charge < -0.3 is 10.2 Å². The van der Waals surface area contributed by atoms with Gasteiger partial charge in [-0.05, 0) is 11.6 Å². The molecule has 0 aliphatic carbocycles. The van der Waals surface area contributed by atoms with Gasteiger partial charge in [-0.2, -0.15) is 0 Å². The van der Waals surface area contributed by atoms with Crippen LogP contribution in [-0.2, 0) is 6.54 Å². The first-order valence-electron chi connectivity index (χ1n) is 5.35. The van der Waals surface area contributed by atoms with E-state index in [-0.39, 0.29) is 0 Å². The van der Waals surface area contributed by atoms with Crippen molar-refractivity contribution < 1.29 is 4.92 Å². The number of pyridine rings is 1. The predicted molar refractivity (Wildman–Crippen MR) is 69.7 cm³/mol. The maximum Gasteiger partial charge on any atom is 0.194 e. The third-order valence-corrected chi connectivity index (χ3v) is 2.48. The van der Waals surface area contributed by atoms with Crippen LogP contribution in [0.2, 0.25) is 5.15 Å². The zero-order valence-electron chi connectivity index (χ0n) is 10.1. The molecule has 1 aliphatic heterocycles. The number of aromatic nitrogens is 1. The fraction of sp³-hybridized carbons (Fsp3) is 0.364. The van der Waals surface area contributed by atoms with E-state index in [0.717, 1.165) is 38.1 Å². The summed E-state index contributed by atoms with van der Waals surface area (Å²) in [7, 11) is 0.889. The Morgan fingerprint density at radius 2 is 2.33 bits per heavy atom. The highest BCUT2D eigenvalue weighted by Crippen LogP contribution is 2.12. The van der Waals surface area contributed by atoms with Crippen molar-refractivity contribution in [3.63, 3.8) is 0 Å². The average molecular weight is 271 g/mol. The van der Waals surface area contributed by atoms with Gasteiger partial charge in [0.05, 0.1) is 5.82 Å². The summed E-state index contributed by atoms with van der Waals surface area (Å²) < 4.78 is 0. The van der Waals surface area contributed by atoms with E-state index in [4.69, 9.17) is 21.7 Å². The fourth-order valence-electron chi connectivity index (χ4n) is 1.48. The number of hydrogen-bond acceptors (Lipinski definition) is 5. The Labute approximate surface area is 110 Å². The van der Waals surface area contributed by atoms with E-state index in [9.17, 15) is 0 Å². The van der Waals surface area contributed by atoms with E-state index in [1.165, 1.54) is 0 Å². The first-order chi connectivity index (χ1) is 8.49. The lowest BCUT2D eigenvalue weighted by Gasteiger charge is -2.17. The molecule has 0 spiro atoms. The summed E-state index contributed by atoms with van der Waals surface area (Å²) in [6.07, 6.45) is 1.80. The normalized spacial score (nSPS) is 13.7. The predicted octanol–water partition coefficient (Wildman–Crippen LogP) is 1.50. The highest BCUT2D eigenvalue weighted by atomic mass is 35.5. The van der Waals surface area contributed by atoms with Crippen molar-refractivity contribution in [3.05, 3.63) is 51.6 Å². The van der Waals surface area contributed by atoms with Gasteiger partial charge in [0, 0.05) is 30.8 Å². The van der Waals surface area contributed by atoms with Crippen LogP contribution in [0.4, 0.5) is 0 Å². The van der Waals surface area contributed by atoms with E-state index >= 15 is 0 Å². The number of nitrogens with zero attached hydrogens (tertiary/aromatic N) is 3. The largest absolute Gasteiger partial charge is 0.370 e. The molecule has 2 heterocycles. The van der Waals surface area contributed by atoms with Gasteiger partial charge in [-0.1, -0.05) is 24.2 Å². The SMILES string of the molecule is C=C1NCCN1Cc1ccc(Cl)nc1.C[N+](=O)[O-]. The smallest absolute Gasteiger partial charge is 0.194 e. The molecule has 2 rings (SSSR count). The van der Waals surface area contributed by atoms with Gasteiger partial charge in [0.1, 0.15) is 5.15 Å². The Bertz CT molecular complexity index is 418. The molecule has 0 saturated carbocycles. The third kappa shape index (κ3) is 5.01. The molecule has 0 atom stereocenters. The summed E-state index contributed by atoms with van der Waals surface area (Å²) in [5.41, 5.74) is 1.15. The van der Waals surface area contributed by atoms with Crippen LogP contribution in [-0.4, -0.2) is 34.9 Å². The van der Waals surface area contributed by atoms with Crippen LogP contribution in [0, 0.1) is 10.1 Å². The lowest BCUT2D eigenvalue weighted by Crippen LogP contribution is -2.18. The van der Waals surface area contributed by atoms with Crippen LogP contribution in [0.1, 0.15) is 5.56 Å². The number of halogens is 1. The highest BCUT2D eigenvalue weighted by molar-refractivity contribution is 6.29. The minimum atomic E-state index is -0.500. The molecule has 1 fully saturated rings. The van der Waals surface area contributed by atoms with E-state index < -0.39 is 4.92 Å². The summed E-state index contributed by atoms with van der Waals surface area (Å²) in [5, 5.41) is 12.5. The maximum atomic E-state index is 8.81. The van der Waals surface area contributed by atoms with Gasteiger partial charge in [-0.15, -0.1) is 0 Å². The molecule has 0 aromatic carbocycles. The van der Waals surface area contributed by atoms with Crippen LogP contribution in [0.5, 0.6) is 0 Å². The standard InChI is InChI=1S/C10H12ClN3.CH3NO2/c1-8-12-4-5-14(8)7-9-2-3-10(11)13-6-9;1-2(3)4/h2-3,6,12H,1,4-5,7H2;1H3. The van der Waals surface area contributed by atoms with E-state index in [1.807, 2.05) is 12.1 Å². The monoisotopic (exact) mass is 270 g/mol. The Kier molecular flexibility index (Phi) is 5.38. The summed E-state index contributed by atoms with van der Waals surface area (Å²) in [4.78, 5) is 14.5. The van der Waals surface area contributed by atoms with Crippen molar-refractivity contribution in [2.75, 3.05) is 20.1 Å². The van der Waals surface area contributed by atoms with Crippen LogP contribution < -0.4 is 5.32 Å². The molecule has 1 aliphatic rings. The van der Waals surface area contributed by atoms with Gasteiger partial charge in [0.15, 0.2) is 7.05 Å². The average Bonchev–Trinajstić information content (AvgIpc) is 2.67. The Morgan fingerprint density at radius 3 is 2.78 bits per heavy atom. The van der Waals surface area contributed by atoms with Crippen LogP contribution in [0.15, 0.2) is 30.7 Å². The number of nitro groups is 1. The number of nitrogens with one attached hydrogen (secondary N) is 1. The lowest BCUT2D eigenvalue weighted by atomic mass is 10.3. The molecule has 0 radical (unpaired) electrons. The zero-order chi connectivity index (χ0) is 13.5. The highest BCUT2D eigenvalue weighted by Gasteiger charge is 2.13. The molecule has 18 heavy (non-hydrogen) atoms. The molecule has 98 valence electrons. The van der Waals surface area contributed by atoms with E-state index in [0.29, 0.717) is 5.15 Å². The summed E-state index contributed by atoms with van der Waals surface area (Å²) in [6.45, 7) is 6.73. The minimum Gasteiger partial charge on any atom is -0.370 e. The van der Waals surface area contributed by atoms with Gasteiger partial charge >= 0.3 is 0 Å². The van der Waals surface area contributed by atoms with Gasteiger partial charge in [-0.25, -0.2) is 4.98 Å². The van der Waals surface area contributed by atoms with Crippen molar-refractivity contribution in [1.82, 2.24) is 15.2 Å². The minimum absolute atomic E-state index is 0.500. The first kappa shape index (κ1) is 14.2. The second-order valence-corrected chi connectivity index (χ2v) is 4.11. The van der Waals surface area contributed by atoms with Crippen molar-refractivity contribution in [2.24, 2.45) is 0 Å². The van der Waals surface area contributed by atoms with Crippen molar-refractivity contribution in [2.45, 2.75) is 6.54 Å². The maximum absolute atomic E-state index is 8.81. The van der Waals surface area contributed by atoms with Gasteiger partial charge in [0.25, 0.3) is 0 Å². The molecular formula is C11H15ClN4O2. The quantitative estimate of drug-likeness (QED) is 0.501. The lowest BCUT2D eigenvalue weighted by molar-refractivity contribution is -0.445. The summed E-state index contributed by atoms with van der Waals surface area (Å²) in [6, 6.07) is 3.80. The number of rotatable bonds is 2. The summed E-state index contributed by atoms with van der Waals surface area (Å²) in [5.74, 6) is 0.986. The third-order valence-electron chi connectivity index (χ3n) is 2.25. The molecule has 6 nitrogen and oxygen atoms in total. The second-order valence-electron chi connectivity index (χ2n) is 3.72. The van der Waals surface area contributed by atoms with E-state index in [2.05, 4.69) is 21.8 Å². The second kappa shape index (κ2) is 6.80. The summed E-state index contributed by atoms with van der Waals surface area (Å²) >= 11 is 5.70. The molecule has 1 saturated heterocycles. The van der Waals surface area contributed by atoms with E-state index in [1.54, 1.807) is 6.20 Å². The molecule has 1 aromatic rings. The zero-order valence-corrected chi connectivity index (χ0v) is 10.9. The van der Waals surface area contributed by atoms with Crippen LogP contribution >= 0.6 is 11.6 Å². The molecule has 0 amide bonds. The van der Waals surface area contributed by atoms with Gasteiger partial charge in [-0.3, -0.25) is 10.1 Å². The van der Waals surface area contributed by atoms with Gasteiger partial charge in [0.2, 0.25) is 0 Å².